The normalized spacial score (nSPS) is 10.1. The standard InChI is InChI=1S/C10H8ClN3/c11-10-13-6-5-9(14-10)7-1-3-8(12)4-2-7/h1-6H,12H2. The molecule has 1 aromatic heterocycles. The molecule has 0 fully saturated rings. The summed E-state index contributed by atoms with van der Waals surface area (Å²) in [4.78, 5) is 7.90. The molecule has 0 atom stereocenters. The Morgan fingerprint density at radius 2 is 1.79 bits per heavy atom. The highest BCUT2D eigenvalue weighted by atomic mass is 35.5. The summed E-state index contributed by atoms with van der Waals surface area (Å²) in [5.41, 5.74) is 8.08. The summed E-state index contributed by atoms with van der Waals surface area (Å²) < 4.78 is 0. The van der Waals surface area contributed by atoms with Crippen LogP contribution in [-0.4, -0.2) is 9.97 Å². The molecule has 0 amide bonds. The quantitative estimate of drug-likeness (QED) is 0.575. The Morgan fingerprint density at radius 1 is 1.07 bits per heavy atom. The van der Waals surface area contributed by atoms with Crippen LogP contribution in [0.1, 0.15) is 0 Å². The zero-order chi connectivity index (χ0) is 9.97. The van der Waals surface area contributed by atoms with E-state index in [-0.39, 0.29) is 5.28 Å². The summed E-state index contributed by atoms with van der Waals surface area (Å²) in [6.07, 6.45) is 1.63. The molecule has 0 aliphatic rings. The fourth-order valence-corrected chi connectivity index (χ4v) is 1.30. The minimum Gasteiger partial charge on any atom is -0.399 e. The van der Waals surface area contributed by atoms with Crippen LogP contribution in [0, 0.1) is 0 Å². The van der Waals surface area contributed by atoms with E-state index >= 15 is 0 Å². The maximum absolute atomic E-state index is 5.68. The lowest BCUT2D eigenvalue weighted by atomic mass is 10.1. The van der Waals surface area contributed by atoms with Crippen molar-refractivity contribution in [3.05, 3.63) is 41.8 Å². The van der Waals surface area contributed by atoms with Crippen molar-refractivity contribution < 1.29 is 0 Å². The summed E-state index contributed by atoms with van der Waals surface area (Å²) in [7, 11) is 0. The van der Waals surface area contributed by atoms with Gasteiger partial charge in [0.05, 0.1) is 5.69 Å². The van der Waals surface area contributed by atoms with E-state index in [0.717, 1.165) is 16.9 Å². The Labute approximate surface area is 86.6 Å². The number of nitrogens with two attached hydrogens (primary N) is 1. The molecule has 3 nitrogen and oxygen atoms in total. The Morgan fingerprint density at radius 3 is 2.43 bits per heavy atom. The molecule has 0 unspecified atom stereocenters. The van der Waals surface area contributed by atoms with Gasteiger partial charge in [0, 0.05) is 17.4 Å². The first kappa shape index (κ1) is 8.97. The SMILES string of the molecule is Nc1ccc(-c2ccnc(Cl)n2)cc1. The minimum atomic E-state index is 0.249. The molecule has 0 aliphatic heterocycles. The second kappa shape index (κ2) is 3.64. The summed E-state index contributed by atoms with van der Waals surface area (Å²) in [6, 6.07) is 9.25. The number of halogens is 1. The number of benzene rings is 1. The van der Waals surface area contributed by atoms with Gasteiger partial charge >= 0.3 is 0 Å². The van der Waals surface area contributed by atoms with Gasteiger partial charge in [0.15, 0.2) is 0 Å². The van der Waals surface area contributed by atoms with Gasteiger partial charge in [-0.25, -0.2) is 9.97 Å². The van der Waals surface area contributed by atoms with E-state index < -0.39 is 0 Å². The zero-order valence-corrected chi connectivity index (χ0v) is 8.07. The van der Waals surface area contributed by atoms with Crippen molar-refractivity contribution >= 4 is 17.3 Å². The third kappa shape index (κ3) is 1.83. The van der Waals surface area contributed by atoms with Crippen molar-refractivity contribution in [2.24, 2.45) is 0 Å². The third-order valence-electron chi connectivity index (χ3n) is 1.83. The van der Waals surface area contributed by atoms with Crippen LogP contribution in [0.3, 0.4) is 0 Å². The monoisotopic (exact) mass is 205 g/mol. The van der Waals surface area contributed by atoms with E-state index in [9.17, 15) is 0 Å². The summed E-state index contributed by atoms with van der Waals surface area (Å²) >= 11 is 5.68. The molecule has 4 heteroatoms. The molecule has 0 radical (unpaired) electrons. The maximum atomic E-state index is 5.68. The maximum Gasteiger partial charge on any atom is 0.222 e. The van der Waals surface area contributed by atoms with Gasteiger partial charge in [-0.3, -0.25) is 0 Å². The van der Waals surface area contributed by atoms with Gasteiger partial charge in [-0.2, -0.15) is 0 Å². The third-order valence-corrected chi connectivity index (χ3v) is 2.01. The first-order valence-corrected chi connectivity index (χ1v) is 4.48. The van der Waals surface area contributed by atoms with Crippen LogP contribution in [0.15, 0.2) is 36.5 Å². The molecule has 2 N–H and O–H groups in total. The van der Waals surface area contributed by atoms with Gasteiger partial charge in [0.1, 0.15) is 0 Å². The second-order valence-corrected chi connectivity index (χ2v) is 3.17. The average Bonchev–Trinajstić information content (AvgIpc) is 2.19. The molecule has 0 aliphatic carbocycles. The number of nitrogen functional groups attached to an aromatic ring is 1. The Bertz CT molecular complexity index is 439. The number of nitrogens with zero attached hydrogens (tertiary/aromatic N) is 2. The summed E-state index contributed by atoms with van der Waals surface area (Å²) in [5.74, 6) is 0. The highest BCUT2D eigenvalue weighted by Gasteiger charge is 1.99. The smallest absolute Gasteiger partial charge is 0.222 e. The molecule has 0 saturated heterocycles. The van der Waals surface area contributed by atoms with Crippen LogP contribution < -0.4 is 5.73 Å². The first-order valence-electron chi connectivity index (χ1n) is 4.10. The van der Waals surface area contributed by atoms with Crippen LogP contribution in [0.5, 0.6) is 0 Å². The van der Waals surface area contributed by atoms with Crippen molar-refractivity contribution in [2.75, 3.05) is 5.73 Å². The Kier molecular flexibility index (Phi) is 2.33. The predicted molar refractivity (Wildman–Crippen MR) is 56.9 cm³/mol. The molecular weight excluding hydrogens is 198 g/mol. The van der Waals surface area contributed by atoms with Crippen LogP contribution in [-0.2, 0) is 0 Å². The largest absolute Gasteiger partial charge is 0.399 e. The zero-order valence-electron chi connectivity index (χ0n) is 7.31. The fraction of sp³-hybridized carbons (Fsp3) is 0. The molecule has 1 aromatic carbocycles. The van der Waals surface area contributed by atoms with Crippen molar-refractivity contribution in [2.45, 2.75) is 0 Å². The fourth-order valence-electron chi connectivity index (χ4n) is 1.15. The summed E-state index contributed by atoms with van der Waals surface area (Å²) in [6.45, 7) is 0. The number of anilines is 1. The predicted octanol–water partition coefficient (Wildman–Crippen LogP) is 2.38. The highest BCUT2D eigenvalue weighted by molar-refractivity contribution is 6.28. The van der Waals surface area contributed by atoms with Gasteiger partial charge in [0.25, 0.3) is 0 Å². The molecule has 70 valence electrons. The number of hydrogen-bond donors (Lipinski definition) is 1. The number of hydrogen-bond acceptors (Lipinski definition) is 3. The van der Waals surface area contributed by atoms with E-state index in [1.165, 1.54) is 0 Å². The van der Waals surface area contributed by atoms with E-state index in [4.69, 9.17) is 17.3 Å². The van der Waals surface area contributed by atoms with Crippen LogP contribution >= 0.6 is 11.6 Å². The molecule has 2 rings (SSSR count). The van der Waals surface area contributed by atoms with E-state index in [1.54, 1.807) is 12.3 Å². The van der Waals surface area contributed by atoms with E-state index in [2.05, 4.69) is 9.97 Å². The molecule has 1 heterocycles. The van der Waals surface area contributed by atoms with Gasteiger partial charge < -0.3 is 5.73 Å². The number of rotatable bonds is 1. The van der Waals surface area contributed by atoms with Crippen molar-refractivity contribution in [3.8, 4) is 11.3 Å². The molecule has 2 aromatic rings. The average molecular weight is 206 g/mol. The topological polar surface area (TPSA) is 51.8 Å². The van der Waals surface area contributed by atoms with Gasteiger partial charge in [0.2, 0.25) is 5.28 Å². The molecule has 0 spiro atoms. The van der Waals surface area contributed by atoms with Gasteiger partial charge in [-0.15, -0.1) is 0 Å². The molecule has 14 heavy (non-hydrogen) atoms. The lowest BCUT2D eigenvalue weighted by Crippen LogP contribution is -1.87. The van der Waals surface area contributed by atoms with E-state index in [1.807, 2.05) is 24.3 Å². The Hall–Kier alpha value is -1.61. The highest BCUT2D eigenvalue weighted by Crippen LogP contribution is 2.18. The molecule has 0 bridgehead atoms. The van der Waals surface area contributed by atoms with Crippen LogP contribution in [0.4, 0.5) is 5.69 Å². The second-order valence-electron chi connectivity index (χ2n) is 2.83. The van der Waals surface area contributed by atoms with Crippen molar-refractivity contribution in [1.29, 1.82) is 0 Å². The van der Waals surface area contributed by atoms with Crippen LogP contribution in [0.2, 0.25) is 5.28 Å². The lowest BCUT2D eigenvalue weighted by Gasteiger charge is -2.00. The molecule has 0 saturated carbocycles. The number of aromatic nitrogens is 2. The van der Waals surface area contributed by atoms with E-state index in [0.29, 0.717) is 0 Å². The van der Waals surface area contributed by atoms with Crippen molar-refractivity contribution in [3.63, 3.8) is 0 Å². The minimum absolute atomic E-state index is 0.249. The van der Waals surface area contributed by atoms with Gasteiger partial charge in [-0.05, 0) is 29.8 Å². The first-order chi connectivity index (χ1) is 6.75. The summed E-state index contributed by atoms with van der Waals surface area (Å²) in [5, 5.41) is 0.249. The van der Waals surface area contributed by atoms with Gasteiger partial charge in [-0.1, -0.05) is 12.1 Å². The lowest BCUT2D eigenvalue weighted by molar-refractivity contribution is 1.17. The Balaban J connectivity index is 2.44. The van der Waals surface area contributed by atoms with Crippen molar-refractivity contribution in [1.82, 2.24) is 9.97 Å². The van der Waals surface area contributed by atoms with Crippen LogP contribution in [0.25, 0.3) is 11.3 Å². The molecular formula is C10H8ClN3.